The van der Waals surface area contributed by atoms with E-state index in [1.54, 1.807) is 0 Å². The summed E-state index contributed by atoms with van der Waals surface area (Å²) in [5.41, 5.74) is -0.472. The smallest absolute Gasteiger partial charge is 0.241 e. The standard InChI is InChI=1S/C7H4BrClF3N/c8-6-4(10)1-3(7(11)12)5(2-9)13-6/h1,7H,2H2. The number of aromatic nitrogens is 1. The van der Waals surface area contributed by atoms with Crippen molar-refractivity contribution >= 4 is 27.5 Å². The molecule has 0 saturated carbocycles. The molecule has 0 saturated heterocycles. The normalized spacial score (nSPS) is 10.9. The van der Waals surface area contributed by atoms with Crippen molar-refractivity contribution in [3.8, 4) is 0 Å². The van der Waals surface area contributed by atoms with Crippen LogP contribution < -0.4 is 0 Å². The molecule has 0 radical (unpaired) electrons. The van der Waals surface area contributed by atoms with Crippen LogP contribution in [0.15, 0.2) is 10.7 Å². The first-order valence-electron chi connectivity index (χ1n) is 3.25. The van der Waals surface area contributed by atoms with Crippen molar-refractivity contribution in [3.63, 3.8) is 0 Å². The van der Waals surface area contributed by atoms with Crippen LogP contribution in [0.1, 0.15) is 17.7 Å². The molecule has 0 aromatic carbocycles. The number of alkyl halides is 3. The van der Waals surface area contributed by atoms with Crippen molar-refractivity contribution in [3.05, 3.63) is 27.7 Å². The summed E-state index contributed by atoms with van der Waals surface area (Å²) in [6.45, 7) is 0. The van der Waals surface area contributed by atoms with Gasteiger partial charge in [0, 0.05) is 5.56 Å². The summed E-state index contributed by atoms with van der Waals surface area (Å²) in [4.78, 5) is 3.54. The third-order valence-electron chi connectivity index (χ3n) is 1.41. The Morgan fingerprint density at radius 2 is 2.15 bits per heavy atom. The maximum atomic E-state index is 12.8. The van der Waals surface area contributed by atoms with Crippen molar-refractivity contribution in [2.24, 2.45) is 0 Å². The highest BCUT2D eigenvalue weighted by molar-refractivity contribution is 9.10. The Balaban J connectivity index is 3.25. The van der Waals surface area contributed by atoms with Gasteiger partial charge in [-0.2, -0.15) is 0 Å². The molecule has 1 nitrogen and oxygen atoms in total. The number of pyridine rings is 1. The average Bonchev–Trinajstić information content (AvgIpc) is 2.08. The molecule has 1 aromatic rings. The van der Waals surface area contributed by atoms with Crippen LogP contribution >= 0.6 is 27.5 Å². The molecule has 0 bridgehead atoms. The Morgan fingerprint density at radius 3 is 2.62 bits per heavy atom. The highest BCUT2D eigenvalue weighted by Gasteiger charge is 2.16. The lowest BCUT2D eigenvalue weighted by atomic mass is 10.2. The van der Waals surface area contributed by atoms with E-state index in [0.717, 1.165) is 6.07 Å². The maximum absolute atomic E-state index is 12.8. The quantitative estimate of drug-likeness (QED) is 0.592. The first kappa shape index (κ1) is 10.8. The van der Waals surface area contributed by atoms with Gasteiger partial charge in [0.25, 0.3) is 6.43 Å². The Bertz CT molecular complexity index is 319. The highest BCUT2D eigenvalue weighted by Crippen LogP contribution is 2.26. The van der Waals surface area contributed by atoms with Gasteiger partial charge in [-0.25, -0.2) is 18.2 Å². The van der Waals surface area contributed by atoms with E-state index in [1.165, 1.54) is 0 Å². The zero-order valence-corrected chi connectivity index (χ0v) is 8.54. The van der Waals surface area contributed by atoms with Gasteiger partial charge in [-0.3, -0.25) is 0 Å². The summed E-state index contributed by atoms with van der Waals surface area (Å²) in [7, 11) is 0. The molecular weight excluding hydrogens is 270 g/mol. The minimum Gasteiger partial charge on any atom is -0.241 e. The average molecular weight is 274 g/mol. The molecule has 0 fully saturated rings. The molecule has 0 amide bonds. The topological polar surface area (TPSA) is 12.9 Å². The van der Waals surface area contributed by atoms with E-state index in [2.05, 4.69) is 20.9 Å². The largest absolute Gasteiger partial charge is 0.265 e. The summed E-state index contributed by atoms with van der Waals surface area (Å²) < 4.78 is 37.2. The van der Waals surface area contributed by atoms with Crippen molar-refractivity contribution in [2.45, 2.75) is 12.3 Å². The van der Waals surface area contributed by atoms with E-state index >= 15 is 0 Å². The van der Waals surface area contributed by atoms with Crippen molar-refractivity contribution in [2.75, 3.05) is 0 Å². The highest BCUT2D eigenvalue weighted by atomic mass is 79.9. The number of nitrogens with zero attached hydrogens (tertiary/aromatic N) is 1. The fraction of sp³-hybridized carbons (Fsp3) is 0.286. The molecule has 0 N–H and O–H groups in total. The maximum Gasteiger partial charge on any atom is 0.265 e. The van der Waals surface area contributed by atoms with Crippen LogP contribution in [-0.2, 0) is 5.88 Å². The van der Waals surface area contributed by atoms with E-state index in [1.807, 2.05) is 0 Å². The van der Waals surface area contributed by atoms with Gasteiger partial charge in [-0.15, -0.1) is 11.6 Å². The van der Waals surface area contributed by atoms with Gasteiger partial charge < -0.3 is 0 Å². The lowest BCUT2D eigenvalue weighted by Gasteiger charge is -2.05. The molecule has 0 aliphatic carbocycles. The van der Waals surface area contributed by atoms with Crippen molar-refractivity contribution in [1.29, 1.82) is 0 Å². The summed E-state index contributed by atoms with van der Waals surface area (Å²) in [6, 6.07) is 0.736. The molecule has 0 aliphatic heterocycles. The number of hydrogen-bond acceptors (Lipinski definition) is 1. The second-order valence-electron chi connectivity index (χ2n) is 2.23. The van der Waals surface area contributed by atoms with Gasteiger partial charge in [0.15, 0.2) is 5.82 Å². The summed E-state index contributed by atoms with van der Waals surface area (Å²) in [5, 5.41) is 0. The van der Waals surface area contributed by atoms with Gasteiger partial charge in [0.1, 0.15) is 4.60 Å². The predicted molar refractivity (Wildman–Crippen MR) is 46.4 cm³/mol. The Hall–Kier alpha value is -0.290. The summed E-state index contributed by atoms with van der Waals surface area (Å²) in [6.07, 6.45) is -2.76. The zero-order chi connectivity index (χ0) is 10.0. The molecule has 1 heterocycles. The molecule has 0 aliphatic rings. The fourth-order valence-electron chi connectivity index (χ4n) is 0.812. The SMILES string of the molecule is Fc1cc(C(F)F)c(CCl)nc1Br. The molecule has 6 heteroatoms. The first-order valence-corrected chi connectivity index (χ1v) is 4.58. The predicted octanol–water partition coefficient (Wildman–Crippen LogP) is 3.66. The van der Waals surface area contributed by atoms with Gasteiger partial charge in [0.05, 0.1) is 11.6 Å². The lowest BCUT2D eigenvalue weighted by molar-refractivity contribution is 0.149. The van der Waals surface area contributed by atoms with Crippen LogP contribution in [0, 0.1) is 5.82 Å². The number of halogens is 5. The minimum atomic E-state index is -2.76. The van der Waals surface area contributed by atoms with Crippen LogP contribution in [0.25, 0.3) is 0 Å². The molecule has 0 atom stereocenters. The van der Waals surface area contributed by atoms with E-state index < -0.39 is 17.8 Å². The molecule has 72 valence electrons. The van der Waals surface area contributed by atoms with Crippen LogP contribution in [0.3, 0.4) is 0 Å². The Kier molecular flexibility index (Phi) is 3.55. The monoisotopic (exact) mass is 273 g/mol. The van der Waals surface area contributed by atoms with Gasteiger partial charge in [0.2, 0.25) is 0 Å². The number of rotatable bonds is 2. The van der Waals surface area contributed by atoms with E-state index in [0.29, 0.717) is 0 Å². The second kappa shape index (κ2) is 4.28. The van der Waals surface area contributed by atoms with Crippen LogP contribution in [0.2, 0.25) is 0 Å². The lowest BCUT2D eigenvalue weighted by Crippen LogP contribution is -1.99. The van der Waals surface area contributed by atoms with Crippen LogP contribution in [0.5, 0.6) is 0 Å². The number of hydrogen-bond donors (Lipinski definition) is 0. The van der Waals surface area contributed by atoms with Gasteiger partial charge in [-0.1, -0.05) is 0 Å². The Labute approximate surface area is 86.0 Å². The van der Waals surface area contributed by atoms with Gasteiger partial charge >= 0.3 is 0 Å². The molecule has 0 unspecified atom stereocenters. The zero-order valence-electron chi connectivity index (χ0n) is 6.20. The summed E-state index contributed by atoms with van der Waals surface area (Å²) in [5.74, 6) is -0.984. The third kappa shape index (κ3) is 2.34. The molecular formula is C7H4BrClF3N. The molecule has 0 spiro atoms. The van der Waals surface area contributed by atoms with Crippen molar-refractivity contribution < 1.29 is 13.2 Å². The molecule has 1 aromatic heterocycles. The van der Waals surface area contributed by atoms with E-state index in [-0.39, 0.29) is 16.2 Å². The van der Waals surface area contributed by atoms with Crippen molar-refractivity contribution in [1.82, 2.24) is 4.98 Å². The summed E-state index contributed by atoms with van der Waals surface area (Å²) >= 11 is 8.14. The molecule has 1 rings (SSSR count). The third-order valence-corrected chi connectivity index (χ3v) is 2.22. The minimum absolute atomic E-state index is 0.00931. The van der Waals surface area contributed by atoms with Crippen LogP contribution in [-0.4, -0.2) is 4.98 Å². The van der Waals surface area contributed by atoms with Gasteiger partial charge in [-0.05, 0) is 22.0 Å². The van der Waals surface area contributed by atoms with E-state index in [4.69, 9.17) is 11.6 Å². The molecule has 13 heavy (non-hydrogen) atoms. The Morgan fingerprint density at radius 1 is 1.54 bits per heavy atom. The van der Waals surface area contributed by atoms with Crippen LogP contribution in [0.4, 0.5) is 13.2 Å². The first-order chi connectivity index (χ1) is 6.06. The fourth-order valence-corrected chi connectivity index (χ4v) is 1.35. The van der Waals surface area contributed by atoms with E-state index in [9.17, 15) is 13.2 Å². The second-order valence-corrected chi connectivity index (χ2v) is 3.25.